The van der Waals surface area contributed by atoms with E-state index in [1.165, 1.54) is 0 Å². The number of rotatable bonds is 5. The van der Waals surface area contributed by atoms with Gasteiger partial charge >= 0.3 is 0 Å². The Bertz CT molecular complexity index is 473. The Morgan fingerprint density at radius 3 is 2.72 bits per heavy atom. The molecule has 1 rings (SSSR count). The second kappa shape index (κ2) is 6.06. The van der Waals surface area contributed by atoms with Crippen molar-refractivity contribution in [2.45, 2.75) is 27.2 Å². The number of nitriles is 1. The molecule has 96 valence electrons. The number of benzene rings is 1. The lowest BCUT2D eigenvalue weighted by Crippen LogP contribution is -2.14. The van der Waals surface area contributed by atoms with Gasteiger partial charge in [-0.2, -0.15) is 5.26 Å². The van der Waals surface area contributed by atoms with Crippen LogP contribution < -0.4 is 4.74 Å². The second-order valence-electron chi connectivity index (χ2n) is 4.78. The summed E-state index contributed by atoms with van der Waals surface area (Å²) in [7, 11) is 0. The highest BCUT2D eigenvalue weighted by Gasteiger charge is 2.17. The van der Waals surface area contributed by atoms with E-state index in [4.69, 9.17) is 15.2 Å². The summed E-state index contributed by atoms with van der Waals surface area (Å²) in [5.41, 5.74) is 0.870. The molecule has 0 aromatic heterocycles. The standard InChI is InChI=1S/C14H18N2O2/c1-11(16-17)12-6-4-5-7-13(12)18-9-8-14(2,3)10-15/h4-7,17H,8-9H2,1-3H3. The Kier molecular flexibility index (Phi) is 4.73. The average molecular weight is 246 g/mol. The molecule has 0 fully saturated rings. The van der Waals surface area contributed by atoms with Crippen LogP contribution in [0.15, 0.2) is 29.4 Å². The monoisotopic (exact) mass is 246 g/mol. The van der Waals surface area contributed by atoms with E-state index in [2.05, 4.69) is 11.2 Å². The molecule has 4 heteroatoms. The van der Waals surface area contributed by atoms with Gasteiger partial charge in [0.15, 0.2) is 0 Å². The Morgan fingerprint density at radius 1 is 1.44 bits per heavy atom. The third-order valence-electron chi connectivity index (χ3n) is 2.71. The first-order valence-corrected chi connectivity index (χ1v) is 5.82. The van der Waals surface area contributed by atoms with Crippen molar-refractivity contribution in [2.24, 2.45) is 10.6 Å². The molecule has 0 aliphatic heterocycles. The fourth-order valence-corrected chi connectivity index (χ4v) is 1.42. The quantitative estimate of drug-likeness (QED) is 0.493. The van der Waals surface area contributed by atoms with E-state index in [0.717, 1.165) is 5.56 Å². The van der Waals surface area contributed by atoms with Crippen LogP contribution >= 0.6 is 0 Å². The van der Waals surface area contributed by atoms with Crippen LogP contribution in [-0.4, -0.2) is 17.5 Å². The van der Waals surface area contributed by atoms with E-state index in [-0.39, 0.29) is 0 Å². The Morgan fingerprint density at radius 2 is 2.11 bits per heavy atom. The van der Waals surface area contributed by atoms with Crippen molar-refractivity contribution < 1.29 is 9.94 Å². The average Bonchev–Trinajstić information content (AvgIpc) is 2.38. The third-order valence-corrected chi connectivity index (χ3v) is 2.71. The van der Waals surface area contributed by atoms with Gasteiger partial charge in [0.25, 0.3) is 0 Å². The van der Waals surface area contributed by atoms with Gasteiger partial charge in [0.05, 0.1) is 23.8 Å². The zero-order valence-corrected chi connectivity index (χ0v) is 11.0. The van der Waals surface area contributed by atoms with Gasteiger partial charge in [0, 0.05) is 5.56 Å². The van der Waals surface area contributed by atoms with E-state index in [1.54, 1.807) is 6.92 Å². The van der Waals surface area contributed by atoms with E-state index in [0.29, 0.717) is 24.5 Å². The molecule has 1 N–H and O–H groups in total. The molecule has 0 radical (unpaired) electrons. The van der Waals surface area contributed by atoms with Crippen LogP contribution in [0.4, 0.5) is 0 Å². The van der Waals surface area contributed by atoms with Crippen molar-refractivity contribution >= 4 is 5.71 Å². The lowest BCUT2D eigenvalue weighted by atomic mass is 9.92. The molecule has 0 spiro atoms. The van der Waals surface area contributed by atoms with Gasteiger partial charge in [-0.3, -0.25) is 0 Å². The molecule has 0 aliphatic rings. The predicted octanol–water partition coefficient (Wildman–Crippen LogP) is 3.20. The lowest BCUT2D eigenvalue weighted by Gasteiger charge is -2.16. The highest BCUT2D eigenvalue weighted by molar-refractivity contribution is 6.00. The fraction of sp³-hybridized carbons (Fsp3) is 0.429. The molecule has 0 heterocycles. The van der Waals surface area contributed by atoms with E-state index >= 15 is 0 Å². The highest BCUT2D eigenvalue weighted by atomic mass is 16.5. The van der Waals surface area contributed by atoms with Gasteiger partial charge in [-0.05, 0) is 39.3 Å². The number of para-hydroxylation sites is 1. The van der Waals surface area contributed by atoms with Gasteiger partial charge < -0.3 is 9.94 Å². The molecule has 0 saturated carbocycles. The second-order valence-corrected chi connectivity index (χ2v) is 4.78. The SMILES string of the molecule is CC(=NO)c1ccccc1OCCC(C)(C)C#N. The summed E-state index contributed by atoms with van der Waals surface area (Å²) in [5.74, 6) is 0.668. The van der Waals surface area contributed by atoms with E-state index < -0.39 is 5.41 Å². The van der Waals surface area contributed by atoms with Crippen LogP contribution in [0, 0.1) is 16.7 Å². The number of ether oxygens (including phenoxy) is 1. The maximum atomic E-state index is 8.91. The number of oxime groups is 1. The first-order chi connectivity index (χ1) is 8.50. The van der Waals surface area contributed by atoms with Crippen molar-refractivity contribution in [3.05, 3.63) is 29.8 Å². The van der Waals surface area contributed by atoms with Crippen LogP contribution in [0.3, 0.4) is 0 Å². The molecular formula is C14H18N2O2. The van der Waals surface area contributed by atoms with Crippen LogP contribution in [-0.2, 0) is 0 Å². The molecule has 1 aromatic rings. The van der Waals surface area contributed by atoms with Crippen LogP contribution in [0.1, 0.15) is 32.8 Å². The molecule has 0 amide bonds. The Balaban J connectivity index is 2.72. The molecule has 4 nitrogen and oxygen atoms in total. The van der Waals surface area contributed by atoms with Crippen molar-refractivity contribution in [3.63, 3.8) is 0 Å². The summed E-state index contributed by atoms with van der Waals surface area (Å²) >= 11 is 0. The van der Waals surface area contributed by atoms with E-state index in [1.807, 2.05) is 38.1 Å². The summed E-state index contributed by atoms with van der Waals surface area (Å²) in [5, 5.41) is 20.9. The maximum Gasteiger partial charge on any atom is 0.128 e. The minimum Gasteiger partial charge on any atom is -0.493 e. The molecule has 0 bridgehead atoms. The first kappa shape index (κ1) is 14.0. The van der Waals surface area contributed by atoms with Crippen molar-refractivity contribution in [1.82, 2.24) is 0 Å². The zero-order valence-electron chi connectivity index (χ0n) is 11.0. The fourth-order valence-electron chi connectivity index (χ4n) is 1.42. The van der Waals surface area contributed by atoms with Crippen molar-refractivity contribution in [2.75, 3.05) is 6.61 Å². The van der Waals surface area contributed by atoms with Gasteiger partial charge in [-0.15, -0.1) is 0 Å². The van der Waals surface area contributed by atoms with E-state index in [9.17, 15) is 0 Å². The predicted molar refractivity (Wildman–Crippen MR) is 69.9 cm³/mol. The number of hydrogen-bond acceptors (Lipinski definition) is 4. The molecule has 1 aromatic carbocycles. The highest BCUT2D eigenvalue weighted by Crippen LogP contribution is 2.22. The van der Waals surface area contributed by atoms with Crippen LogP contribution in [0.5, 0.6) is 5.75 Å². The molecule has 0 aliphatic carbocycles. The minimum absolute atomic E-state index is 0.394. The molecule has 0 saturated heterocycles. The summed E-state index contributed by atoms with van der Waals surface area (Å²) < 4.78 is 5.65. The minimum atomic E-state index is -0.394. The Labute approximate surface area is 108 Å². The van der Waals surface area contributed by atoms with Gasteiger partial charge in [0.1, 0.15) is 5.75 Å². The first-order valence-electron chi connectivity index (χ1n) is 5.82. The summed E-state index contributed by atoms with van der Waals surface area (Å²) in [6.07, 6.45) is 0.646. The normalized spacial score (nSPS) is 12.0. The summed E-state index contributed by atoms with van der Waals surface area (Å²) in [6.45, 7) is 5.92. The number of hydrogen-bond donors (Lipinski definition) is 1. The molecule has 0 atom stereocenters. The van der Waals surface area contributed by atoms with Gasteiger partial charge in [0.2, 0.25) is 0 Å². The zero-order chi connectivity index (χ0) is 13.6. The molecule has 0 unspecified atom stereocenters. The van der Waals surface area contributed by atoms with Gasteiger partial charge in [-0.1, -0.05) is 17.3 Å². The molecule has 18 heavy (non-hydrogen) atoms. The van der Waals surface area contributed by atoms with Crippen molar-refractivity contribution in [3.8, 4) is 11.8 Å². The third kappa shape index (κ3) is 3.77. The number of nitrogens with zero attached hydrogens (tertiary/aromatic N) is 2. The maximum absolute atomic E-state index is 8.91. The summed E-state index contributed by atoms with van der Waals surface area (Å²) in [6, 6.07) is 9.61. The topological polar surface area (TPSA) is 65.6 Å². The van der Waals surface area contributed by atoms with Crippen molar-refractivity contribution in [1.29, 1.82) is 5.26 Å². The van der Waals surface area contributed by atoms with Crippen LogP contribution in [0.25, 0.3) is 0 Å². The van der Waals surface area contributed by atoms with Gasteiger partial charge in [-0.25, -0.2) is 0 Å². The smallest absolute Gasteiger partial charge is 0.128 e. The van der Waals surface area contributed by atoms with Crippen LogP contribution in [0.2, 0.25) is 0 Å². The largest absolute Gasteiger partial charge is 0.493 e. The summed E-state index contributed by atoms with van der Waals surface area (Å²) in [4.78, 5) is 0. The molecular weight excluding hydrogens is 228 g/mol. The Hall–Kier alpha value is -2.02. The lowest BCUT2D eigenvalue weighted by molar-refractivity contribution is 0.263.